The summed E-state index contributed by atoms with van der Waals surface area (Å²) < 4.78 is 13.2. The zero-order valence-electron chi connectivity index (χ0n) is 11.3. The maximum absolute atomic E-state index is 13.2. The van der Waals surface area contributed by atoms with Crippen LogP contribution in [0.4, 0.5) is 4.39 Å². The Balaban J connectivity index is 0.00000161. The standard InChI is InChI=1S/C15H18ClFN2O.CH4/c16-13-8-12(3-4-14(13)17)15(20)19-7-6-18-5-1-2-11(9-18)10-19;/h3-4,8,11H,1-2,5-7,9-10H2;1H4. The van der Waals surface area contributed by atoms with Gasteiger partial charge in [-0.1, -0.05) is 19.0 Å². The number of fused-ring (bicyclic) bond motifs is 2. The number of hydrogen-bond donors (Lipinski definition) is 0. The first-order chi connectivity index (χ1) is 9.63. The third kappa shape index (κ3) is 3.55. The summed E-state index contributed by atoms with van der Waals surface area (Å²) in [6.07, 6.45) is 2.40. The predicted molar refractivity (Wildman–Crippen MR) is 83.2 cm³/mol. The predicted octanol–water partition coefficient (Wildman–Crippen LogP) is 3.28. The molecular weight excluding hydrogens is 291 g/mol. The summed E-state index contributed by atoms with van der Waals surface area (Å²) in [5.41, 5.74) is 0.475. The molecule has 0 aromatic heterocycles. The van der Waals surface area contributed by atoms with E-state index in [1.54, 1.807) is 0 Å². The molecule has 3 nitrogen and oxygen atoms in total. The van der Waals surface area contributed by atoms with Crippen LogP contribution in [-0.4, -0.2) is 48.4 Å². The summed E-state index contributed by atoms with van der Waals surface area (Å²) >= 11 is 5.76. The van der Waals surface area contributed by atoms with Crippen molar-refractivity contribution in [2.75, 3.05) is 32.7 Å². The first-order valence-electron chi connectivity index (χ1n) is 7.10. The maximum atomic E-state index is 13.2. The molecule has 0 spiro atoms. The lowest BCUT2D eigenvalue weighted by atomic mass is 9.98. The van der Waals surface area contributed by atoms with E-state index in [1.807, 2.05) is 4.90 Å². The molecule has 0 aliphatic carbocycles. The fourth-order valence-electron chi connectivity index (χ4n) is 3.16. The average Bonchev–Trinajstić information content (AvgIpc) is 2.59. The number of amides is 1. The minimum atomic E-state index is -0.485. The minimum absolute atomic E-state index is 0. The molecule has 2 unspecified atom stereocenters. The molecule has 0 saturated carbocycles. The molecule has 2 bridgehead atoms. The van der Waals surface area contributed by atoms with Crippen LogP contribution in [0.5, 0.6) is 0 Å². The zero-order valence-corrected chi connectivity index (χ0v) is 12.1. The highest BCUT2D eigenvalue weighted by molar-refractivity contribution is 6.31. The maximum Gasteiger partial charge on any atom is 0.253 e. The summed E-state index contributed by atoms with van der Waals surface area (Å²) in [6.45, 7) is 4.70. The molecule has 1 amide bonds. The molecule has 1 aromatic rings. The second-order valence-corrected chi connectivity index (χ2v) is 6.10. The highest BCUT2D eigenvalue weighted by Crippen LogP contribution is 2.23. The van der Waals surface area contributed by atoms with Crippen molar-refractivity contribution in [3.8, 4) is 0 Å². The molecule has 2 aliphatic rings. The van der Waals surface area contributed by atoms with Crippen LogP contribution in [0.2, 0.25) is 5.02 Å². The number of carbonyl (C=O) groups excluding carboxylic acids is 1. The summed E-state index contributed by atoms with van der Waals surface area (Å²) in [5.74, 6) is 0.0350. The summed E-state index contributed by atoms with van der Waals surface area (Å²) in [4.78, 5) is 16.8. The van der Waals surface area contributed by atoms with Gasteiger partial charge in [0, 0.05) is 31.7 Å². The number of hydrogen-bond acceptors (Lipinski definition) is 2. The van der Waals surface area contributed by atoms with E-state index in [2.05, 4.69) is 4.90 Å². The van der Waals surface area contributed by atoms with Gasteiger partial charge >= 0.3 is 0 Å². The topological polar surface area (TPSA) is 23.6 Å². The molecule has 5 heteroatoms. The van der Waals surface area contributed by atoms with E-state index in [0.29, 0.717) is 11.5 Å². The van der Waals surface area contributed by atoms with Crippen molar-refractivity contribution < 1.29 is 9.18 Å². The van der Waals surface area contributed by atoms with Crippen molar-refractivity contribution in [2.45, 2.75) is 20.3 Å². The van der Waals surface area contributed by atoms with Crippen molar-refractivity contribution in [1.29, 1.82) is 0 Å². The van der Waals surface area contributed by atoms with Gasteiger partial charge in [-0.3, -0.25) is 4.79 Å². The summed E-state index contributed by atoms with van der Waals surface area (Å²) in [7, 11) is 0. The molecule has 2 fully saturated rings. The Bertz CT molecular complexity index is 523. The summed E-state index contributed by atoms with van der Waals surface area (Å²) in [6, 6.07) is 4.20. The van der Waals surface area contributed by atoms with Gasteiger partial charge in [-0.05, 0) is 43.5 Å². The molecule has 2 aliphatic heterocycles. The molecule has 116 valence electrons. The molecule has 0 N–H and O–H groups in total. The normalized spacial score (nSPS) is 25.0. The molecule has 2 saturated heterocycles. The number of halogens is 2. The lowest BCUT2D eigenvalue weighted by molar-refractivity contribution is 0.0746. The zero-order chi connectivity index (χ0) is 14.1. The largest absolute Gasteiger partial charge is 0.337 e. The third-order valence-corrected chi connectivity index (χ3v) is 4.51. The van der Waals surface area contributed by atoms with Crippen LogP contribution in [-0.2, 0) is 0 Å². The quantitative estimate of drug-likeness (QED) is 0.794. The fourth-order valence-corrected chi connectivity index (χ4v) is 3.35. The number of benzene rings is 1. The van der Waals surface area contributed by atoms with E-state index in [1.165, 1.54) is 31.0 Å². The van der Waals surface area contributed by atoms with E-state index in [-0.39, 0.29) is 18.4 Å². The van der Waals surface area contributed by atoms with Crippen LogP contribution in [0.1, 0.15) is 30.6 Å². The highest BCUT2D eigenvalue weighted by atomic mass is 35.5. The van der Waals surface area contributed by atoms with Gasteiger partial charge < -0.3 is 9.80 Å². The lowest BCUT2D eigenvalue weighted by Gasteiger charge is -2.29. The Morgan fingerprint density at radius 1 is 1.24 bits per heavy atom. The molecule has 2 heterocycles. The van der Waals surface area contributed by atoms with E-state index in [0.717, 1.165) is 32.7 Å². The second kappa shape index (κ2) is 6.75. The summed E-state index contributed by atoms with van der Waals surface area (Å²) in [5, 5.41) is 0.00756. The van der Waals surface area contributed by atoms with Gasteiger partial charge in [0.1, 0.15) is 5.82 Å². The average molecular weight is 313 g/mol. The van der Waals surface area contributed by atoms with Gasteiger partial charge in [0.05, 0.1) is 5.02 Å². The van der Waals surface area contributed by atoms with Gasteiger partial charge in [-0.25, -0.2) is 4.39 Å². The molecule has 1 aromatic carbocycles. The van der Waals surface area contributed by atoms with E-state index >= 15 is 0 Å². The number of rotatable bonds is 1. The van der Waals surface area contributed by atoms with Crippen molar-refractivity contribution in [2.24, 2.45) is 5.92 Å². The Hall–Kier alpha value is -1.13. The van der Waals surface area contributed by atoms with Gasteiger partial charge in [-0.2, -0.15) is 0 Å². The van der Waals surface area contributed by atoms with Crippen LogP contribution in [0.15, 0.2) is 18.2 Å². The number of carbonyl (C=O) groups is 1. The van der Waals surface area contributed by atoms with Crippen LogP contribution >= 0.6 is 11.6 Å². The Morgan fingerprint density at radius 2 is 2.05 bits per heavy atom. The van der Waals surface area contributed by atoms with Gasteiger partial charge in [0.2, 0.25) is 0 Å². The molecule has 21 heavy (non-hydrogen) atoms. The van der Waals surface area contributed by atoms with Gasteiger partial charge in [0.25, 0.3) is 5.91 Å². The molecular formula is C16H22ClFN2O. The van der Waals surface area contributed by atoms with Crippen molar-refractivity contribution in [3.05, 3.63) is 34.6 Å². The van der Waals surface area contributed by atoms with Crippen molar-refractivity contribution in [3.63, 3.8) is 0 Å². The van der Waals surface area contributed by atoms with E-state index in [4.69, 9.17) is 11.6 Å². The van der Waals surface area contributed by atoms with E-state index < -0.39 is 5.82 Å². The smallest absolute Gasteiger partial charge is 0.253 e. The Labute approximate surface area is 130 Å². The van der Waals surface area contributed by atoms with Gasteiger partial charge in [-0.15, -0.1) is 0 Å². The second-order valence-electron chi connectivity index (χ2n) is 5.69. The van der Waals surface area contributed by atoms with Crippen LogP contribution in [0.25, 0.3) is 0 Å². The van der Waals surface area contributed by atoms with Crippen LogP contribution < -0.4 is 0 Å². The highest BCUT2D eigenvalue weighted by Gasteiger charge is 2.28. The molecule has 0 radical (unpaired) electrons. The first-order valence-corrected chi connectivity index (χ1v) is 7.48. The SMILES string of the molecule is C.O=C(c1ccc(F)c(Cl)c1)N1CCN2CCCC(C2)C1. The van der Waals surface area contributed by atoms with Gasteiger partial charge in [0.15, 0.2) is 0 Å². The van der Waals surface area contributed by atoms with Crippen LogP contribution in [0, 0.1) is 11.7 Å². The Kier molecular flexibility index (Phi) is 5.22. The molecule has 3 rings (SSSR count). The fraction of sp³-hybridized carbons (Fsp3) is 0.562. The monoisotopic (exact) mass is 312 g/mol. The number of piperidine rings is 1. The van der Waals surface area contributed by atoms with E-state index in [9.17, 15) is 9.18 Å². The van der Waals surface area contributed by atoms with Crippen molar-refractivity contribution >= 4 is 17.5 Å². The Morgan fingerprint density at radius 3 is 2.81 bits per heavy atom. The first kappa shape index (κ1) is 16.2. The lowest BCUT2D eigenvalue weighted by Crippen LogP contribution is -2.36. The molecule has 2 atom stereocenters. The number of nitrogens with zero attached hydrogens (tertiary/aromatic N) is 2. The van der Waals surface area contributed by atoms with Crippen LogP contribution in [0.3, 0.4) is 0 Å². The minimum Gasteiger partial charge on any atom is -0.337 e. The van der Waals surface area contributed by atoms with Crippen molar-refractivity contribution in [1.82, 2.24) is 9.80 Å². The third-order valence-electron chi connectivity index (χ3n) is 4.22.